The largest absolute Gasteiger partial charge is 0.419 e. The van der Waals surface area contributed by atoms with Gasteiger partial charge in [-0.1, -0.05) is 6.07 Å². The van der Waals surface area contributed by atoms with Gasteiger partial charge in [0.15, 0.2) is 0 Å². The summed E-state index contributed by atoms with van der Waals surface area (Å²) in [7, 11) is 0. The number of amides is 1. The standard InChI is InChI=1S/C25H29F3N6O2/c1-24(36)6-9-34(10-7-24)22(35)15-4-5-17-18(13-30-20(17)11-15)21-19(25(26,27)28)14-31-23(33-21)32-16-3-2-8-29-12-16/h4-5,11,13-14,16,29-30,36H,2-3,6-10,12H2,1H3,(H,31,32,33). The Kier molecular flexibility index (Phi) is 6.37. The molecule has 4 N–H and O–H groups in total. The van der Waals surface area contributed by atoms with Crippen LogP contribution in [-0.2, 0) is 6.18 Å². The van der Waals surface area contributed by atoms with Gasteiger partial charge in [0.05, 0.1) is 11.3 Å². The van der Waals surface area contributed by atoms with Crippen molar-refractivity contribution in [3.63, 3.8) is 0 Å². The maximum Gasteiger partial charge on any atom is 0.419 e. The zero-order valence-corrected chi connectivity index (χ0v) is 20.0. The zero-order chi connectivity index (χ0) is 25.5. The van der Waals surface area contributed by atoms with E-state index in [1.165, 1.54) is 6.20 Å². The molecule has 2 aromatic heterocycles. The fourth-order valence-corrected chi connectivity index (χ4v) is 4.85. The molecule has 2 saturated heterocycles. The maximum absolute atomic E-state index is 13.9. The number of carbonyl (C=O) groups is 1. The number of likely N-dealkylation sites (tertiary alicyclic amines) is 1. The van der Waals surface area contributed by atoms with Crippen LogP contribution in [0.4, 0.5) is 19.1 Å². The number of hydrogen-bond acceptors (Lipinski definition) is 6. The molecule has 8 nitrogen and oxygen atoms in total. The molecule has 1 atom stereocenters. The van der Waals surface area contributed by atoms with E-state index in [-0.39, 0.29) is 29.2 Å². The molecule has 0 radical (unpaired) electrons. The Labute approximate surface area is 206 Å². The van der Waals surface area contributed by atoms with Crippen LogP contribution in [0.5, 0.6) is 0 Å². The highest BCUT2D eigenvalue weighted by atomic mass is 19.4. The molecule has 2 aliphatic rings. The molecule has 0 aliphatic carbocycles. The summed E-state index contributed by atoms with van der Waals surface area (Å²) in [6.07, 6.45) is 0.513. The first-order valence-corrected chi connectivity index (χ1v) is 12.2. The highest BCUT2D eigenvalue weighted by Gasteiger charge is 2.36. The molecule has 11 heteroatoms. The number of alkyl halides is 3. The molecule has 1 amide bonds. The quantitative estimate of drug-likeness (QED) is 0.433. The first-order valence-electron chi connectivity index (χ1n) is 12.2. The molecule has 0 saturated carbocycles. The van der Waals surface area contributed by atoms with E-state index >= 15 is 0 Å². The SMILES string of the molecule is CC1(O)CCN(C(=O)c2ccc3c(-c4nc(NC5CCCNC5)ncc4C(F)(F)F)c[nH]c3c2)CC1. The van der Waals surface area contributed by atoms with Gasteiger partial charge in [-0.2, -0.15) is 13.2 Å². The van der Waals surface area contributed by atoms with Gasteiger partial charge < -0.3 is 25.6 Å². The number of rotatable bonds is 4. The number of aliphatic hydroxyl groups is 1. The van der Waals surface area contributed by atoms with E-state index < -0.39 is 17.3 Å². The zero-order valence-electron chi connectivity index (χ0n) is 20.0. The third-order valence-electron chi connectivity index (χ3n) is 7.04. The number of carbonyl (C=O) groups excluding carboxylic acids is 1. The Morgan fingerprint density at radius 1 is 1.28 bits per heavy atom. The number of benzene rings is 1. The summed E-state index contributed by atoms with van der Waals surface area (Å²) < 4.78 is 41.6. The van der Waals surface area contributed by atoms with Gasteiger partial charge in [-0.25, -0.2) is 9.97 Å². The highest BCUT2D eigenvalue weighted by molar-refractivity contribution is 6.02. The number of aromatic amines is 1. The molecule has 4 heterocycles. The average molecular weight is 503 g/mol. The van der Waals surface area contributed by atoms with Gasteiger partial charge in [-0.05, 0) is 51.3 Å². The van der Waals surface area contributed by atoms with Crippen LogP contribution in [0.1, 0.15) is 48.5 Å². The average Bonchev–Trinajstić information content (AvgIpc) is 3.27. The molecule has 0 bridgehead atoms. The van der Waals surface area contributed by atoms with E-state index in [4.69, 9.17) is 0 Å². The highest BCUT2D eigenvalue weighted by Crippen LogP contribution is 2.39. The second-order valence-electron chi connectivity index (χ2n) is 9.89. The fourth-order valence-electron chi connectivity index (χ4n) is 4.85. The van der Waals surface area contributed by atoms with Gasteiger partial charge in [0.25, 0.3) is 5.91 Å². The molecule has 2 fully saturated rings. The second-order valence-corrected chi connectivity index (χ2v) is 9.89. The smallest absolute Gasteiger partial charge is 0.390 e. The Morgan fingerprint density at radius 2 is 2.06 bits per heavy atom. The van der Waals surface area contributed by atoms with E-state index in [9.17, 15) is 23.1 Å². The van der Waals surface area contributed by atoms with Crippen molar-refractivity contribution in [3.05, 3.63) is 41.7 Å². The summed E-state index contributed by atoms with van der Waals surface area (Å²) in [6.45, 7) is 4.26. The molecular weight excluding hydrogens is 473 g/mol. The Hall–Kier alpha value is -3.18. The number of aromatic nitrogens is 3. The van der Waals surface area contributed by atoms with Crippen LogP contribution in [0.15, 0.2) is 30.6 Å². The van der Waals surface area contributed by atoms with Crippen molar-refractivity contribution < 1.29 is 23.1 Å². The lowest BCUT2D eigenvalue weighted by atomic mass is 9.93. The third-order valence-corrected chi connectivity index (χ3v) is 7.04. The van der Waals surface area contributed by atoms with Crippen molar-refractivity contribution in [3.8, 4) is 11.3 Å². The fraction of sp³-hybridized carbons (Fsp3) is 0.480. The van der Waals surface area contributed by atoms with Crippen molar-refractivity contribution in [2.45, 2.75) is 50.4 Å². The number of fused-ring (bicyclic) bond motifs is 1. The Morgan fingerprint density at radius 3 is 2.75 bits per heavy atom. The number of halogens is 3. The summed E-state index contributed by atoms with van der Waals surface area (Å²) >= 11 is 0. The number of piperidine rings is 2. The molecule has 192 valence electrons. The van der Waals surface area contributed by atoms with Gasteiger partial charge in [0, 0.05) is 60.1 Å². The number of anilines is 1. The molecule has 36 heavy (non-hydrogen) atoms. The minimum absolute atomic E-state index is 0.0402. The normalized spacial score (nSPS) is 20.5. The van der Waals surface area contributed by atoms with E-state index in [0.717, 1.165) is 25.6 Å². The number of hydrogen-bond donors (Lipinski definition) is 4. The van der Waals surface area contributed by atoms with Crippen LogP contribution in [0.2, 0.25) is 0 Å². The van der Waals surface area contributed by atoms with Crippen molar-refractivity contribution >= 4 is 22.8 Å². The third kappa shape index (κ3) is 5.03. The number of H-pyrrole nitrogens is 1. The van der Waals surface area contributed by atoms with Crippen LogP contribution < -0.4 is 10.6 Å². The van der Waals surface area contributed by atoms with Gasteiger partial charge >= 0.3 is 6.18 Å². The minimum Gasteiger partial charge on any atom is -0.390 e. The number of nitrogens with zero attached hydrogens (tertiary/aromatic N) is 3. The first kappa shape index (κ1) is 24.5. The van der Waals surface area contributed by atoms with E-state index in [1.54, 1.807) is 30.0 Å². The van der Waals surface area contributed by atoms with Crippen molar-refractivity contribution in [1.29, 1.82) is 0 Å². The molecular formula is C25H29F3N6O2. The molecule has 1 aromatic carbocycles. The van der Waals surface area contributed by atoms with Gasteiger partial charge in [-0.3, -0.25) is 4.79 Å². The lowest BCUT2D eigenvalue weighted by Crippen LogP contribution is -2.45. The van der Waals surface area contributed by atoms with Crippen molar-refractivity contribution in [2.24, 2.45) is 0 Å². The van der Waals surface area contributed by atoms with Crippen LogP contribution >= 0.6 is 0 Å². The minimum atomic E-state index is -4.63. The Bertz CT molecular complexity index is 1260. The lowest BCUT2D eigenvalue weighted by Gasteiger charge is -2.35. The maximum atomic E-state index is 13.9. The molecule has 3 aromatic rings. The van der Waals surface area contributed by atoms with Crippen LogP contribution in [-0.4, -0.2) is 68.7 Å². The predicted molar refractivity (Wildman–Crippen MR) is 130 cm³/mol. The van der Waals surface area contributed by atoms with Crippen LogP contribution in [0.3, 0.4) is 0 Å². The summed E-state index contributed by atoms with van der Waals surface area (Å²) in [5, 5.41) is 17.1. The summed E-state index contributed by atoms with van der Waals surface area (Å²) in [6, 6.07) is 4.96. The Balaban J connectivity index is 1.46. The predicted octanol–water partition coefficient (Wildman–Crippen LogP) is 3.79. The number of nitrogens with one attached hydrogen (secondary N) is 3. The molecule has 5 rings (SSSR count). The van der Waals surface area contributed by atoms with Gasteiger partial charge in [-0.15, -0.1) is 0 Å². The summed E-state index contributed by atoms with van der Waals surface area (Å²) in [5.41, 5.74) is -0.647. The van der Waals surface area contributed by atoms with Crippen molar-refractivity contribution in [2.75, 3.05) is 31.5 Å². The van der Waals surface area contributed by atoms with E-state index in [2.05, 4.69) is 25.6 Å². The van der Waals surface area contributed by atoms with E-state index in [0.29, 0.717) is 48.9 Å². The lowest BCUT2D eigenvalue weighted by molar-refractivity contribution is -0.137. The van der Waals surface area contributed by atoms with Crippen LogP contribution in [0.25, 0.3) is 22.2 Å². The monoisotopic (exact) mass is 502 g/mol. The molecule has 1 unspecified atom stereocenters. The summed E-state index contributed by atoms with van der Waals surface area (Å²) in [4.78, 5) is 25.9. The first-order chi connectivity index (χ1) is 17.1. The topological polar surface area (TPSA) is 106 Å². The van der Waals surface area contributed by atoms with E-state index in [1.807, 2.05) is 0 Å². The molecule has 0 spiro atoms. The molecule has 2 aliphatic heterocycles. The van der Waals surface area contributed by atoms with Gasteiger partial charge in [0.2, 0.25) is 5.95 Å². The van der Waals surface area contributed by atoms with Gasteiger partial charge in [0.1, 0.15) is 5.56 Å². The van der Waals surface area contributed by atoms with Crippen molar-refractivity contribution in [1.82, 2.24) is 25.2 Å². The summed E-state index contributed by atoms with van der Waals surface area (Å²) in [5.74, 6) is -0.0250. The second kappa shape index (κ2) is 9.36. The van der Waals surface area contributed by atoms with Crippen LogP contribution in [0, 0.1) is 0 Å².